The number of benzene rings is 3. The van der Waals surface area contributed by atoms with Crippen molar-refractivity contribution in [2.45, 2.75) is 44.9 Å². The molecule has 1 unspecified atom stereocenters. The topological polar surface area (TPSA) is 67.8 Å². The van der Waals surface area contributed by atoms with E-state index in [0.29, 0.717) is 40.2 Å². The second kappa shape index (κ2) is 10.1. The fourth-order valence-corrected chi connectivity index (χ4v) is 4.60. The average molecular weight is 535 g/mol. The van der Waals surface area contributed by atoms with Gasteiger partial charge in [0.1, 0.15) is 0 Å². The number of rotatable bonds is 7. The molecule has 10 heteroatoms. The monoisotopic (exact) mass is 534 g/mol. The van der Waals surface area contributed by atoms with Crippen LogP contribution in [0.1, 0.15) is 60.2 Å². The van der Waals surface area contributed by atoms with Crippen LogP contribution in [0, 0.1) is 5.82 Å². The molecule has 4 rings (SSSR count). The molecule has 1 amide bonds. The second-order valence-electron chi connectivity index (χ2n) is 8.94. The van der Waals surface area contributed by atoms with Crippen LogP contribution in [-0.2, 0) is 21.4 Å². The highest BCUT2D eigenvalue weighted by Crippen LogP contribution is 2.42. The summed E-state index contributed by atoms with van der Waals surface area (Å²) in [7, 11) is 0. The molecular formula is C27H23ClF4N2O3. The van der Waals surface area contributed by atoms with E-state index in [0.717, 1.165) is 6.07 Å². The third-order valence-corrected chi connectivity index (χ3v) is 6.57. The van der Waals surface area contributed by atoms with Gasteiger partial charge in [-0.2, -0.15) is 13.2 Å². The molecule has 0 fully saturated rings. The Bertz CT molecular complexity index is 1420. The van der Waals surface area contributed by atoms with Gasteiger partial charge in [-0.25, -0.2) is 4.39 Å². The Kier molecular flexibility index (Phi) is 7.28. The van der Waals surface area contributed by atoms with Crippen molar-refractivity contribution in [1.29, 1.82) is 0 Å². The van der Waals surface area contributed by atoms with Gasteiger partial charge in [-0.1, -0.05) is 53.2 Å². The first-order valence-electron chi connectivity index (χ1n) is 11.6. The molecule has 1 N–H and O–H groups in total. The molecule has 0 saturated carbocycles. The van der Waals surface area contributed by atoms with Crippen LogP contribution in [-0.4, -0.2) is 23.9 Å². The number of ketones is 1. The van der Waals surface area contributed by atoms with Gasteiger partial charge >= 0.3 is 6.18 Å². The number of hydrogen-bond donors (Lipinski definition) is 1. The summed E-state index contributed by atoms with van der Waals surface area (Å²) in [5, 5.41) is 7.50. The van der Waals surface area contributed by atoms with Crippen molar-refractivity contribution < 1.29 is 32.0 Å². The largest absolute Gasteiger partial charge is 0.419 e. The zero-order valence-corrected chi connectivity index (χ0v) is 20.8. The van der Waals surface area contributed by atoms with Crippen molar-refractivity contribution in [3.63, 3.8) is 0 Å². The van der Waals surface area contributed by atoms with E-state index in [1.807, 2.05) is 0 Å². The molecule has 3 aromatic rings. The van der Waals surface area contributed by atoms with E-state index in [4.69, 9.17) is 16.4 Å². The Morgan fingerprint density at radius 2 is 1.81 bits per heavy atom. The summed E-state index contributed by atoms with van der Waals surface area (Å²) >= 11 is 5.78. The summed E-state index contributed by atoms with van der Waals surface area (Å²) in [6, 6.07) is 12.3. The number of carbonyl (C=O) groups is 2. The summed E-state index contributed by atoms with van der Waals surface area (Å²) in [6.45, 7) is 3.83. The van der Waals surface area contributed by atoms with Gasteiger partial charge in [-0.05, 0) is 36.8 Å². The molecule has 1 heterocycles. The average Bonchev–Trinajstić information content (AvgIpc) is 3.25. The first-order valence-corrected chi connectivity index (χ1v) is 12.0. The predicted molar refractivity (Wildman–Crippen MR) is 132 cm³/mol. The molecule has 0 radical (unpaired) electrons. The van der Waals surface area contributed by atoms with E-state index >= 15 is 0 Å². The molecule has 3 aromatic carbocycles. The van der Waals surface area contributed by atoms with Crippen LogP contribution in [0.4, 0.5) is 17.6 Å². The van der Waals surface area contributed by atoms with Gasteiger partial charge < -0.3 is 10.2 Å². The fourth-order valence-electron chi connectivity index (χ4n) is 4.38. The van der Waals surface area contributed by atoms with Crippen LogP contribution in [0.15, 0.2) is 53.7 Å². The van der Waals surface area contributed by atoms with Crippen LogP contribution < -0.4 is 5.32 Å². The van der Waals surface area contributed by atoms with E-state index in [1.54, 1.807) is 50.2 Å². The van der Waals surface area contributed by atoms with E-state index in [1.165, 1.54) is 0 Å². The van der Waals surface area contributed by atoms with Crippen molar-refractivity contribution in [3.05, 3.63) is 81.6 Å². The first kappa shape index (κ1) is 26.6. The highest BCUT2D eigenvalue weighted by atomic mass is 35.5. The van der Waals surface area contributed by atoms with Crippen molar-refractivity contribution in [3.8, 4) is 0 Å². The Labute approximate surface area is 215 Å². The van der Waals surface area contributed by atoms with Gasteiger partial charge in [0.2, 0.25) is 5.91 Å². The Balaban J connectivity index is 1.65. The molecule has 0 bridgehead atoms. The molecule has 1 aliphatic heterocycles. The zero-order chi connectivity index (χ0) is 27.0. The van der Waals surface area contributed by atoms with Gasteiger partial charge in [0, 0.05) is 42.5 Å². The van der Waals surface area contributed by atoms with Gasteiger partial charge in [-0.3, -0.25) is 9.59 Å². The second-order valence-corrected chi connectivity index (χ2v) is 9.34. The van der Waals surface area contributed by atoms with E-state index in [9.17, 15) is 27.2 Å². The molecule has 37 heavy (non-hydrogen) atoms. The minimum Gasteiger partial charge on any atom is -0.384 e. The lowest BCUT2D eigenvalue weighted by Crippen LogP contribution is -2.24. The third kappa shape index (κ3) is 5.32. The van der Waals surface area contributed by atoms with Gasteiger partial charge in [0.25, 0.3) is 0 Å². The molecule has 0 spiro atoms. The highest BCUT2D eigenvalue weighted by molar-refractivity contribution is 6.31. The normalized spacial score (nSPS) is 17.4. The summed E-state index contributed by atoms with van der Waals surface area (Å²) in [5.41, 5.74) is -1.22. The zero-order valence-electron chi connectivity index (χ0n) is 20.0. The number of Topliss-reactive ketones (excluding diaryl/α,β-unsaturated/α-hetero) is 1. The predicted octanol–water partition coefficient (Wildman–Crippen LogP) is 6.79. The number of oxime groups is 1. The summed E-state index contributed by atoms with van der Waals surface area (Å²) in [6.07, 6.45) is -4.73. The molecule has 1 atom stereocenters. The molecular weight excluding hydrogens is 512 g/mol. The summed E-state index contributed by atoms with van der Waals surface area (Å²) < 4.78 is 54.2. The highest BCUT2D eigenvalue weighted by Gasteiger charge is 2.42. The number of amides is 1. The fraction of sp³-hybridized carbons (Fsp3) is 0.296. The third-order valence-electron chi connectivity index (χ3n) is 6.29. The molecule has 0 saturated heterocycles. The maximum Gasteiger partial charge on any atom is 0.419 e. The van der Waals surface area contributed by atoms with E-state index in [-0.39, 0.29) is 36.5 Å². The molecule has 1 aliphatic rings. The maximum absolute atomic E-state index is 14.1. The number of fused-ring (bicyclic) bond motifs is 1. The minimum atomic E-state index is -4.93. The molecule has 194 valence electrons. The van der Waals surface area contributed by atoms with Gasteiger partial charge in [0.15, 0.2) is 17.2 Å². The summed E-state index contributed by atoms with van der Waals surface area (Å²) in [4.78, 5) is 30.3. The van der Waals surface area contributed by atoms with Crippen LogP contribution in [0.25, 0.3) is 10.8 Å². The number of carbonyl (C=O) groups excluding carboxylic acids is 2. The minimum absolute atomic E-state index is 0.0337. The van der Waals surface area contributed by atoms with E-state index in [2.05, 4.69) is 10.5 Å². The smallest absolute Gasteiger partial charge is 0.384 e. The van der Waals surface area contributed by atoms with Crippen molar-refractivity contribution in [2.24, 2.45) is 5.16 Å². The van der Waals surface area contributed by atoms with Crippen molar-refractivity contribution >= 4 is 39.8 Å². The van der Waals surface area contributed by atoms with Gasteiger partial charge in [0.05, 0.1) is 16.3 Å². The SMILES string of the molecule is CCNC(=O)CCC(=O)c1ccc(C2=NOC(C)(c3cc(Cl)c(F)c(C(F)(F)F)c3)C2)c2ccccc12. The standard InChI is InChI=1S/C27H23ClF4N2O3/c1-3-33-24(36)11-10-23(35)19-9-8-18(16-6-4-5-7-17(16)19)22-14-26(2,37-34-22)15-12-20(27(30,31)32)25(29)21(28)13-15/h4-9,12-13H,3,10-11,14H2,1-2H3,(H,33,36). The van der Waals surface area contributed by atoms with Crippen molar-refractivity contribution in [2.75, 3.05) is 6.54 Å². The number of nitrogens with one attached hydrogen (secondary N) is 1. The van der Waals surface area contributed by atoms with Gasteiger partial charge in [-0.15, -0.1) is 0 Å². The lowest BCUT2D eigenvalue weighted by molar-refractivity contribution is -0.140. The van der Waals surface area contributed by atoms with Crippen molar-refractivity contribution in [1.82, 2.24) is 5.32 Å². The lowest BCUT2D eigenvalue weighted by atomic mass is 9.86. The quantitative estimate of drug-likeness (QED) is 0.268. The van der Waals surface area contributed by atoms with E-state index < -0.39 is 28.2 Å². The maximum atomic E-state index is 14.1. The Morgan fingerprint density at radius 3 is 2.49 bits per heavy atom. The Morgan fingerprint density at radius 1 is 1.11 bits per heavy atom. The van der Waals surface area contributed by atoms with Crippen LogP contribution in [0.3, 0.4) is 0 Å². The first-order chi connectivity index (χ1) is 17.4. The lowest BCUT2D eigenvalue weighted by Gasteiger charge is -2.24. The molecule has 0 aliphatic carbocycles. The van der Waals surface area contributed by atoms with Crippen LogP contribution >= 0.6 is 11.6 Å². The molecule has 5 nitrogen and oxygen atoms in total. The number of alkyl halides is 3. The van der Waals surface area contributed by atoms with Crippen LogP contribution in [0.5, 0.6) is 0 Å². The van der Waals surface area contributed by atoms with Crippen LogP contribution in [0.2, 0.25) is 5.02 Å². The summed E-state index contributed by atoms with van der Waals surface area (Å²) in [5.74, 6) is -1.94. The number of halogens is 5. The number of hydrogen-bond acceptors (Lipinski definition) is 4. The Hall–Kier alpha value is -3.46. The number of nitrogens with zero attached hydrogens (tertiary/aromatic N) is 1. The molecule has 0 aromatic heterocycles.